The third-order valence-electron chi connectivity index (χ3n) is 3.36. The number of amides is 1. The Morgan fingerprint density at radius 2 is 1.76 bits per heavy atom. The van der Waals surface area contributed by atoms with Gasteiger partial charge in [-0.25, -0.2) is 4.79 Å². The quantitative estimate of drug-likeness (QED) is 0.693. The first-order valence-electron chi connectivity index (χ1n) is 7.96. The molecule has 0 unspecified atom stereocenters. The summed E-state index contributed by atoms with van der Waals surface area (Å²) in [5, 5.41) is 9.91. The maximum Gasteiger partial charge on any atom is 0.573 e. The van der Waals surface area contributed by atoms with Gasteiger partial charge in [-0.15, -0.1) is 13.2 Å². The minimum atomic E-state index is -4.89. The number of anilines is 1. The molecule has 158 valence electrons. The molecule has 0 bridgehead atoms. The Hall–Kier alpha value is -3.18. The summed E-state index contributed by atoms with van der Waals surface area (Å²) in [6, 6.07) is 5.31. The van der Waals surface area contributed by atoms with Gasteiger partial charge in [0.1, 0.15) is 12.3 Å². The van der Waals surface area contributed by atoms with E-state index in [0.29, 0.717) is 0 Å². The first kappa shape index (κ1) is 22.1. The van der Waals surface area contributed by atoms with E-state index in [9.17, 15) is 36.2 Å². The summed E-state index contributed by atoms with van der Waals surface area (Å²) in [5.74, 6) is -1.23. The predicted octanol–water partition coefficient (Wildman–Crippen LogP) is 4.88. The van der Waals surface area contributed by atoms with Crippen LogP contribution >= 0.6 is 0 Å². The van der Waals surface area contributed by atoms with Crippen LogP contribution in [0.25, 0.3) is 11.3 Å². The average Bonchev–Trinajstić information content (AvgIpc) is 2.59. The second-order valence-corrected chi connectivity index (χ2v) is 5.53. The van der Waals surface area contributed by atoms with Crippen molar-refractivity contribution < 1.29 is 45.7 Å². The number of aromatic hydroxyl groups is 1. The number of rotatable bonds is 5. The van der Waals surface area contributed by atoms with E-state index in [2.05, 4.69) is 14.5 Å². The fourth-order valence-corrected chi connectivity index (χ4v) is 2.27. The van der Waals surface area contributed by atoms with Crippen molar-refractivity contribution in [2.75, 3.05) is 18.1 Å². The molecule has 0 aliphatic rings. The summed E-state index contributed by atoms with van der Waals surface area (Å²) in [4.78, 5) is 16.0. The van der Waals surface area contributed by atoms with Crippen LogP contribution in [0, 0.1) is 0 Å². The summed E-state index contributed by atoms with van der Waals surface area (Å²) in [6.07, 6.45) is -10.2. The smallest absolute Gasteiger partial charge is 0.504 e. The molecule has 2 rings (SSSR count). The number of aromatic nitrogens is 1. The van der Waals surface area contributed by atoms with Crippen LogP contribution < -0.4 is 9.64 Å². The third-order valence-corrected chi connectivity index (χ3v) is 3.36. The van der Waals surface area contributed by atoms with Crippen molar-refractivity contribution in [2.24, 2.45) is 0 Å². The number of pyridine rings is 1. The number of carbonyl (C=O) groups is 1. The number of benzene rings is 1. The molecule has 1 N–H and O–H groups in total. The van der Waals surface area contributed by atoms with E-state index in [-0.39, 0.29) is 22.8 Å². The molecule has 1 heterocycles. The molecule has 0 aliphatic carbocycles. The topological polar surface area (TPSA) is 71.9 Å². The highest BCUT2D eigenvalue weighted by Crippen LogP contribution is 2.34. The van der Waals surface area contributed by atoms with Gasteiger partial charge in [-0.3, -0.25) is 9.88 Å². The summed E-state index contributed by atoms with van der Waals surface area (Å²) in [7, 11) is 0. The van der Waals surface area contributed by atoms with Crippen LogP contribution in [0.1, 0.15) is 6.92 Å². The summed E-state index contributed by atoms with van der Waals surface area (Å²) in [5.41, 5.74) is -0.328. The molecular formula is C17H14F6N2O4. The zero-order chi connectivity index (χ0) is 21.8. The Bertz CT molecular complexity index is 852. The first-order chi connectivity index (χ1) is 13.4. The van der Waals surface area contributed by atoms with Crippen LogP contribution in [0.5, 0.6) is 11.5 Å². The van der Waals surface area contributed by atoms with Crippen molar-refractivity contribution in [1.29, 1.82) is 0 Å². The largest absolute Gasteiger partial charge is 0.573 e. The van der Waals surface area contributed by atoms with Crippen LogP contribution in [-0.4, -0.2) is 41.9 Å². The molecule has 0 saturated heterocycles. The fraction of sp³-hybridized carbons (Fsp3) is 0.294. The van der Waals surface area contributed by atoms with Crippen LogP contribution in [0.2, 0.25) is 0 Å². The number of hydrogen-bond acceptors (Lipinski definition) is 5. The zero-order valence-corrected chi connectivity index (χ0v) is 14.7. The number of halogens is 6. The molecule has 0 atom stereocenters. The third kappa shape index (κ3) is 6.43. The predicted molar refractivity (Wildman–Crippen MR) is 88.4 cm³/mol. The Kier molecular flexibility index (Phi) is 6.44. The van der Waals surface area contributed by atoms with Crippen LogP contribution in [0.4, 0.5) is 36.8 Å². The zero-order valence-electron chi connectivity index (χ0n) is 14.7. The highest BCUT2D eigenvalue weighted by molar-refractivity contribution is 5.90. The molecule has 1 amide bonds. The van der Waals surface area contributed by atoms with Crippen LogP contribution in [-0.2, 0) is 4.74 Å². The molecule has 0 aliphatic heterocycles. The van der Waals surface area contributed by atoms with Gasteiger partial charge < -0.3 is 14.6 Å². The summed E-state index contributed by atoms with van der Waals surface area (Å²) >= 11 is 0. The van der Waals surface area contributed by atoms with Crippen molar-refractivity contribution in [3.8, 4) is 22.8 Å². The average molecular weight is 424 g/mol. The van der Waals surface area contributed by atoms with Crippen molar-refractivity contribution in [1.82, 2.24) is 4.98 Å². The number of hydrogen-bond donors (Lipinski definition) is 1. The number of ether oxygens (including phenoxy) is 2. The molecule has 2 aromatic rings. The fourth-order valence-electron chi connectivity index (χ4n) is 2.27. The van der Waals surface area contributed by atoms with Crippen molar-refractivity contribution >= 4 is 11.8 Å². The summed E-state index contributed by atoms with van der Waals surface area (Å²) in [6.45, 7) is -0.542. The number of nitrogens with zero attached hydrogens (tertiary/aromatic N) is 2. The second kappa shape index (κ2) is 8.45. The Morgan fingerprint density at radius 3 is 2.28 bits per heavy atom. The maximum absolute atomic E-state index is 12.9. The van der Waals surface area contributed by atoms with E-state index >= 15 is 0 Å². The van der Waals surface area contributed by atoms with Crippen molar-refractivity contribution in [2.45, 2.75) is 19.5 Å². The number of alkyl halides is 6. The Labute approximate surface area is 160 Å². The van der Waals surface area contributed by atoms with Gasteiger partial charge in [0.15, 0.2) is 5.75 Å². The normalized spacial score (nSPS) is 11.8. The minimum Gasteiger partial charge on any atom is -0.504 e. The molecule has 1 aromatic heterocycles. The van der Waals surface area contributed by atoms with Crippen LogP contribution in [0.15, 0.2) is 36.5 Å². The van der Waals surface area contributed by atoms with Gasteiger partial charge >= 0.3 is 18.6 Å². The second-order valence-electron chi connectivity index (χ2n) is 5.53. The molecule has 0 radical (unpaired) electrons. The van der Waals surface area contributed by atoms with Crippen LogP contribution in [0.3, 0.4) is 0 Å². The number of carbonyl (C=O) groups excluding carboxylic acids is 1. The van der Waals surface area contributed by atoms with Gasteiger partial charge in [0, 0.05) is 5.56 Å². The molecule has 1 aromatic carbocycles. The molecular weight excluding hydrogens is 410 g/mol. The van der Waals surface area contributed by atoms with E-state index in [4.69, 9.17) is 0 Å². The Balaban J connectivity index is 2.40. The molecule has 29 heavy (non-hydrogen) atoms. The lowest BCUT2D eigenvalue weighted by Crippen LogP contribution is -2.39. The van der Waals surface area contributed by atoms with Gasteiger partial charge in [-0.05, 0) is 37.3 Å². The van der Waals surface area contributed by atoms with Crippen molar-refractivity contribution in [3.05, 3.63) is 36.5 Å². The highest BCUT2D eigenvalue weighted by Gasteiger charge is 2.36. The summed E-state index contributed by atoms with van der Waals surface area (Å²) < 4.78 is 83.6. The monoisotopic (exact) mass is 424 g/mol. The SMILES string of the molecule is CCOC(=O)N(CC(F)(F)F)c1cc(-c2ccc(OC(F)(F)F)cc2)ncc1O. The van der Waals surface area contributed by atoms with E-state index in [0.717, 1.165) is 24.4 Å². The lowest BCUT2D eigenvalue weighted by atomic mass is 10.1. The molecule has 0 saturated carbocycles. The maximum atomic E-state index is 12.9. The molecule has 0 spiro atoms. The standard InChI is InChI=1S/C17H14F6N2O4/c1-2-28-15(27)25(9-16(18,19)20)13-7-12(24-8-14(13)26)10-3-5-11(6-4-10)29-17(21,22)23/h3-8,26H,2,9H2,1H3. The van der Waals surface area contributed by atoms with E-state index in [1.54, 1.807) is 0 Å². The van der Waals surface area contributed by atoms with Gasteiger partial charge in [0.25, 0.3) is 0 Å². The van der Waals surface area contributed by atoms with Gasteiger partial charge in [0.05, 0.1) is 24.2 Å². The Morgan fingerprint density at radius 1 is 1.14 bits per heavy atom. The minimum absolute atomic E-state index is 0.00664. The first-order valence-corrected chi connectivity index (χ1v) is 7.96. The van der Waals surface area contributed by atoms with Crippen molar-refractivity contribution in [3.63, 3.8) is 0 Å². The highest BCUT2D eigenvalue weighted by atomic mass is 19.4. The van der Waals surface area contributed by atoms with E-state index in [1.165, 1.54) is 19.1 Å². The van der Waals surface area contributed by atoms with Gasteiger partial charge in [-0.1, -0.05) is 0 Å². The van der Waals surface area contributed by atoms with Gasteiger partial charge in [0.2, 0.25) is 0 Å². The lowest BCUT2D eigenvalue weighted by molar-refractivity contribution is -0.274. The van der Waals surface area contributed by atoms with E-state index in [1.807, 2.05) is 0 Å². The van der Waals surface area contributed by atoms with Gasteiger partial charge in [-0.2, -0.15) is 13.2 Å². The van der Waals surface area contributed by atoms with E-state index < -0.39 is 42.4 Å². The molecule has 6 nitrogen and oxygen atoms in total. The lowest BCUT2D eigenvalue weighted by Gasteiger charge is -2.24. The molecule has 0 fully saturated rings. The molecule has 12 heteroatoms.